The van der Waals surface area contributed by atoms with Crippen molar-refractivity contribution < 1.29 is 23.9 Å². The van der Waals surface area contributed by atoms with E-state index in [1.54, 1.807) is 17.1 Å². The molecule has 1 aliphatic rings. The Kier molecular flexibility index (Phi) is 7.07. The van der Waals surface area contributed by atoms with E-state index < -0.39 is 5.97 Å². The molecule has 1 amide bonds. The lowest BCUT2D eigenvalue weighted by Gasteiger charge is -2.16. The summed E-state index contributed by atoms with van der Waals surface area (Å²) in [5.74, 6) is -0.655. The molecule has 2 aromatic rings. The van der Waals surface area contributed by atoms with Crippen LogP contribution in [-0.2, 0) is 30.3 Å². The fourth-order valence-corrected chi connectivity index (χ4v) is 3.68. The van der Waals surface area contributed by atoms with Gasteiger partial charge in [-0.25, -0.2) is 9.48 Å². The van der Waals surface area contributed by atoms with Gasteiger partial charge in [0.2, 0.25) is 5.91 Å². The standard InChI is InChI=1S/C20H21N3O5S/c1-27-19(25)11-18-22(17(24)14-29-18)8-5-9-28-20(26)10-15-12-21-23(13-15)16-6-3-2-4-7-16/h2-4,6-7,11-13H,5,8-10,14H2,1H3/b18-11+. The minimum atomic E-state index is -0.505. The first kappa shape index (κ1) is 20.7. The highest BCUT2D eigenvalue weighted by molar-refractivity contribution is 8.04. The van der Waals surface area contributed by atoms with E-state index in [2.05, 4.69) is 9.84 Å². The maximum Gasteiger partial charge on any atom is 0.333 e. The van der Waals surface area contributed by atoms with E-state index in [4.69, 9.17) is 4.74 Å². The molecule has 1 fully saturated rings. The summed E-state index contributed by atoms with van der Waals surface area (Å²) in [6, 6.07) is 9.61. The molecule has 1 aromatic heterocycles. The van der Waals surface area contributed by atoms with Gasteiger partial charge in [0.1, 0.15) is 0 Å². The van der Waals surface area contributed by atoms with Crippen LogP contribution in [0.15, 0.2) is 53.8 Å². The van der Waals surface area contributed by atoms with E-state index in [0.29, 0.717) is 18.0 Å². The number of para-hydroxylation sites is 1. The maximum atomic E-state index is 12.1. The molecule has 1 aromatic carbocycles. The predicted octanol–water partition coefficient (Wildman–Crippen LogP) is 1.94. The van der Waals surface area contributed by atoms with Gasteiger partial charge in [-0.15, -0.1) is 0 Å². The van der Waals surface area contributed by atoms with Crippen molar-refractivity contribution >= 4 is 29.6 Å². The van der Waals surface area contributed by atoms with Crippen LogP contribution in [0.25, 0.3) is 5.69 Å². The third kappa shape index (κ3) is 5.71. The maximum absolute atomic E-state index is 12.1. The molecule has 152 valence electrons. The Balaban J connectivity index is 1.43. The molecule has 0 bridgehead atoms. The number of hydrogen-bond donors (Lipinski definition) is 0. The van der Waals surface area contributed by atoms with Gasteiger partial charge in [0.05, 0.1) is 48.9 Å². The fourth-order valence-electron chi connectivity index (χ4n) is 2.73. The Bertz CT molecular complexity index is 910. The minimum absolute atomic E-state index is 0.0789. The fraction of sp³-hybridized carbons (Fsp3) is 0.300. The molecule has 0 spiro atoms. The molecule has 0 radical (unpaired) electrons. The predicted molar refractivity (Wildman–Crippen MR) is 107 cm³/mol. The molecular formula is C20H21N3O5S. The molecule has 2 heterocycles. The number of amides is 1. The summed E-state index contributed by atoms with van der Waals surface area (Å²) in [5.41, 5.74) is 1.67. The van der Waals surface area contributed by atoms with E-state index in [-0.39, 0.29) is 30.7 Å². The van der Waals surface area contributed by atoms with Crippen molar-refractivity contribution in [3.63, 3.8) is 0 Å². The van der Waals surface area contributed by atoms with Gasteiger partial charge < -0.3 is 14.4 Å². The van der Waals surface area contributed by atoms with Crippen molar-refractivity contribution in [3.05, 3.63) is 59.4 Å². The van der Waals surface area contributed by atoms with Gasteiger partial charge >= 0.3 is 11.9 Å². The molecule has 8 nitrogen and oxygen atoms in total. The molecule has 0 atom stereocenters. The van der Waals surface area contributed by atoms with E-state index >= 15 is 0 Å². The van der Waals surface area contributed by atoms with Crippen LogP contribution in [0.1, 0.15) is 12.0 Å². The number of aromatic nitrogens is 2. The number of carbonyl (C=O) groups is 3. The summed E-state index contributed by atoms with van der Waals surface area (Å²) in [6.45, 7) is 0.555. The molecule has 3 rings (SSSR count). The second-order valence-electron chi connectivity index (χ2n) is 6.22. The van der Waals surface area contributed by atoms with Gasteiger partial charge in [-0.3, -0.25) is 9.59 Å². The van der Waals surface area contributed by atoms with E-state index in [9.17, 15) is 14.4 Å². The summed E-state index contributed by atoms with van der Waals surface area (Å²) in [6.07, 6.45) is 5.32. The first-order chi connectivity index (χ1) is 14.1. The van der Waals surface area contributed by atoms with Gasteiger partial charge in [-0.2, -0.15) is 5.10 Å². The number of hydrogen-bond acceptors (Lipinski definition) is 7. The molecule has 0 saturated carbocycles. The minimum Gasteiger partial charge on any atom is -0.466 e. The van der Waals surface area contributed by atoms with Crippen LogP contribution in [0, 0.1) is 0 Å². The van der Waals surface area contributed by atoms with Crippen LogP contribution < -0.4 is 0 Å². The average molecular weight is 415 g/mol. The Labute approximate surface area is 172 Å². The zero-order chi connectivity index (χ0) is 20.6. The summed E-state index contributed by atoms with van der Waals surface area (Å²) in [5, 5.41) is 4.81. The van der Waals surface area contributed by atoms with Crippen molar-refractivity contribution in [2.75, 3.05) is 26.0 Å². The first-order valence-electron chi connectivity index (χ1n) is 9.04. The largest absolute Gasteiger partial charge is 0.466 e. The average Bonchev–Trinajstić information content (AvgIpc) is 3.33. The second kappa shape index (κ2) is 9.92. The topological polar surface area (TPSA) is 90.7 Å². The molecular weight excluding hydrogens is 394 g/mol. The lowest BCUT2D eigenvalue weighted by Crippen LogP contribution is -2.27. The van der Waals surface area contributed by atoms with Crippen LogP contribution in [0.2, 0.25) is 0 Å². The number of nitrogens with zero attached hydrogens (tertiary/aromatic N) is 3. The summed E-state index contributed by atoms with van der Waals surface area (Å²) in [7, 11) is 1.29. The molecule has 1 saturated heterocycles. The molecule has 9 heteroatoms. The second-order valence-corrected chi connectivity index (χ2v) is 7.21. The van der Waals surface area contributed by atoms with Crippen molar-refractivity contribution in [2.45, 2.75) is 12.8 Å². The number of methoxy groups -OCH3 is 1. The van der Waals surface area contributed by atoms with Gasteiger partial charge in [0.25, 0.3) is 0 Å². The zero-order valence-corrected chi connectivity index (χ0v) is 16.8. The highest BCUT2D eigenvalue weighted by Gasteiger charge is 2.27. The molecule has 0 unspecified atom stereocenters. The van der Waals surface area contributed by atoms with Crippen LogP contribution >= 0.6 is 11.8 Å². The number of carbonyl (C=O) groups excluding carboxylic acids is 3. The van der Waals surface area contributed by atoms with Crippen molar-refractivity contribution in [2.24, 2.45) is 0 Å². The molecule has 0 aliphatic carbocycles. The summed E-state index contributed by atoms with van der Waals surface area (Å²) < 4.78 is 11.6. The number of thioether (sulfide) groups is 1. The van der Waals surface area contributed by atoms with Gasteiger partial charge in [0, 0.05) is 18.3 Å². The Hall–Kier alpha value is -3.07. The Morgan fingerprint density at radius 2 is 2.07 bits per heavy atom. The zero-order valence-electron chi connectivity index (χ0n) is 15.9. The monoisotopic (exact) mass is 415 g/mol. The van der Waals surface area contributed by atoms with Crippen molar-refractivity contribution in [1.82, 2.24) is 14.7 Å². The summed E-state index contributed by atoms with van der Waals surface area (Å²) in [4.78, 5) is 36.9. The van der Waals surface area contributed by atoms with Crippen molar-refractivity contribution in [3.8, 4) is 5.69 Å². The lowest BCUT2D eigenvalue weighted by atomic mass is 10.2. The number of esters is 2. The van der Waals surface area contributed by atoms with Crippen LogP contribution in [-0.4, -0.2) is 58.5 Å². The first-order valence-corrected chi connectivity index (χ1v) is 10.0. The molecule has 29 heavy (non-hydrogen) atoms. The third-order valence-corrected chi connectivity index (χ3v) is 5.17. The lowest BCUT2D eigenvalue weighted by molar-refractivity contribution is -0.143. The molecule has 1 aliphatic heterocycles. The van der Waals surface area contributed by atoms with Gasteiger partial charge in [-0.1, -0.05) is 30.0 Å². The van der Waals surface area contributed by atoms with E-state index in [1.165, 1.54) is 29.8 Å². The number of rotatable bonds is 8. The highest BCUT2D eigenvalue weighted by atomic mass is 32.2. The highest BCUT2D eigenvalue weighted by Crippen LogP contribution is 2.28. The van der Waals surface area contributed by atoms with E-state index in [1.807, 2.05) is 30.3 Å². The van der Waals surface area contributed by atoms with Crippen LogP contribution in [0.5, 0.6) is 0 Å². The Morgan fingerprint density at radius 3 is 2.83 bits per heavy atom. The van der Waals surface area contributed by atoms with Crippen LogP contribution in [0.3, 0.4) is 0 Å². The number of benzene rings is 1. The number of ether oxygens (including phenoxy) is 2. The SMILES string of the molecule is COC(=O)/C=C1/SCC(=O)N1CCCOC(=O)Cc1cnn(-c2ccccc2)c1. The quantitative estimate of drug-likeness (QED) is 0.370. The third-order valence-electron chi connectivity index (χ3n) is 4.15. The molecule has 0 N–H and O–H groups in total. The van der Waals surface area contributed by atoms with Gasteiger partial charge in [0.15, 0.2) is 0 Å². The van der Waals surface area contributed by atoms with Gasteiger partial charge in [-0.05, 0) is 18.6 Å². The summed E-state index contributed by atoms with van der Waals surface area (Å²) >= 11 is 1.29. The normalized spacial score (nSPS) is 15.0. The van der Waals surface area contributed by atoms with E-state index in [0.717, 1.165) is 11.3 Å². The smallest absolute Gasteiger partial charge is 0.333 e. The van der Waals surface area contributed by atoms with Crippen molar-refractivity contribution in [1.29, 1.82) is 0 Å². The van der Waals surface area contributed by atoms with Crippen LogP contribution in [0.4, 0.5) is 0 Å². The Morgan fingerprint density at radius 1 is 1.28 bits per heavy atom.